The van der Waals surface area contributed by atoms with Crippen LogP contribution in [0.15, 0.2) is 47.1 Å². The molecule has 5 atom stereocenters. The average molecular weight is 408 g/mol. The van der Waals surface area contributed by atoms with E-state index in [4.69, 9.17) is 9.15 Å². The first kappa shape index (κ1) is 19.2. The second-order valence-corrected chi connectivity index (χ2v) is 9.05. The number of hydrogen-bond acceptors (Lipinski definition) is 4. The Labute approximate surface area is 176 Å². The molecule has 6 heteroatoms. The lowest BCUT2D eigenvalue weighted by molar-refractivity contribution is -0.147. The molecule has 0 radical (unpaired) electrons. The third-order valence-electron chi connectivity index (χ3n) is 7.10. The van der Waals surface area contributed by atoms with Crippen LogP contribution >= 0.6 is 0 Å². The predicted octanol–water partition coefficient (Wildman–Crippen LogP) is 3.67. The molecule has 2 bridgehead atoms. The third kappa shape index (κ3) is 3.38. The predicted molar refractivity (Wildman–Crippen MR) is 111 cm³/mol. The van der Waals surface area contributed by atoms with E-state index in [1.807, 2.05) is 37.3 Å². The number of hydrogen-bond donors (Lipinski definition) is 2. The molecule has 1 aromatic heterocycles. The zero-order chi connectivity index (χ0) is 20.7. The summed E-state index contributed by atoms with van der Waals surface area (Å²) in [5.41, 5.74) is -0.0833. The molecule has 0 saturated heterocycles. The summed E-state index contributed by atoms with van der Waals surface area (Å²) in [7, 11) is 0. The second kappa shape index (κ2) is 7.49. The van der Waals surface area contributed by atoms with Crippen molar-refractivity contribution in [3.63, 3.8) is 0 Å². The van der Waals surface area contributed by atoms with Crippen molar-refractivity contribution < 1.29 is 18.7 Å². The molecule has 1 aromatic carbocycles. The molecule has 2 heterocycles. The Balaban J connectivity index is 1.23. The van der Waals surface area contributed by atoms with Crippen molar-refractivity contribution in [1.82, 2.24) is 10.6 Å². The Bertz CT molecular complexity index is 940. The van der Waals surface area contributed by atoms with E-state index in [9.17, 15) is 9.59 Å². The van der Waals surface area contributed by atoms with Gasteiger partial charge >= 0.3 is 0 Å². The van der Waals surface area contributed by atoms with Gasteiger partial charge in [0.2, 0.25) is 5.91 Å². The van der Waals surface area contributed by atoms with Gasteiger partial charge in [-0.25, -0.2) is 0 Å². The quantitative estimate of drug-likeness (QED) is 0.791. The Morgan fingerprint density at radius 2 is 2.13 bits per heavy atom. The highest BCUT2D eigenvalue weighted by atomic mass is 16.5. The van der Waals surface area contributed by atoms with Gasteiger partial charge in [0, 0.05) is 30.7 Å². The number of fused-ring (bicyclic) bond motifs is 3. The van der Waals surface area contributed by atoms with Gasteiger partial charge in [0.1, 0.15) is 11.5 Å². The van der Waals surface area contributed by atoms with E-state index in [0.29, 0.717) is 17.7 Å². The van der Waals surface area contributed by atoms with E-state index in [0.717, 1.165) is 37.9 Å². The summed E-state index contributed by atoms with van der Waals surface area (Å²) in [4.78, 5) is 25.7. The summed E-state index contributed by atoms with van der Waals surface area (Å²) in [6.45, 7) is 2.05. The van der Waals surface area contributed by atoms with Crippen LogP contribution in [-0.4, -0.2) is 23.6 Å². The molecule has 6 nitrogen and oxygen atoms in total. The second-order valence-electron chi connectivity index (χ2n) is 9.05. The summed E-state index contributed by atoms with van der Waals surface area (Å²) < 4.78 is 11.8. The molecule has 1 spiro atoms. The maximum atomic E-state index is 13.0. The number of amides is 2. The van der Waals surface area contributed by atoms with E-state index < -0.39 is 5.72 Å². The Morgan fingerprint density at radius 3 is 2.90 bits per heavy atom. The van der Waals surface area contributed by atoms with E-state index in [1.54, 1.807) is 12.3 Å². The van der Waals surface area contributed by atoms with E-state index >= 15 is 0 Å². The third-order valence-corrected chi connectivity index (χ3v) is 7.10. The molecule has 3 aliphatic carbocycles. The van der Waals surface area contributed by atoms with Crippen molar-refractivity contribution in [2.24, 2.45) is 17.8 Å². The minimum atomic E-state index is -0.671. The van der Waals surface area contributed by atoms with Crippen LogP contribution in [0.2, 0.25) is 0 Å². The molecule has 3 fully saturated rings. The first-order valence-electron chi connectivity index (χ1n) is 11.0. The normalized spacial score (nSPS) is 30.3. The SMILES string of the molecule is C[C@H](CCc1ccco1)NC(=O)[C@@H]1C[C@H]2CC[C@H]1C[C@]21NC(=O)c2ccccc2O1. The smallest absolute Gasteiger partial charge is 0.258 e. The lowest BCUT2D eigenvalue weighted by Gasteiger charge is -2.55. The standard InChI is InChI=1S/C24H28N2O4/c1-15(8-11-18-5-4-12-29-18)25-22(27)20-13-17-10-9-16(20)14-24(17)26-23(28)19-6-2-3-7-21(19)30-24/h2-7,12,15-17,20H,8-11,13-14H2,1H3,(H,25,27)(H,26,28)/t15-,16+,17-,20-,24-/m1/s1. The van der Waals surface area contributed by atoms with Gasteiger partial charge in [-0.05, 0) is 62.8 Å². The molecule has 0 unspecified atom stereocenters. The minimum Gasteiger partial charge on any atom is -0.469 e. The Morgan fingerprint density at radius 1 is 1.27 bits per heavy atom. The number of carbonyl (C=O) groups excluding carboxylic acids is 2. The number of nitrogens with one attached hydrogen (secondary N) is 2. The molecule has 30 heavy (non-hydrogen) atoms. The van der Waals surface area contributed by atoms with Crippen molar-refractivity contribution in [1.29, 1.82) is 0 Å². The zero-order valence-corrected chi connectivity index (χ0v) is 17.2. The number of ether oxygens (including phenoxy) is 1. The van der Waals surface area contributed by atoms with Gasteiger partial charge in [0.25, 0.3) is 5.91 Å². The molecule has 6 rings (SSSR count). The molecule has 158 valence electrons. The number of furan rings is 1. The topological polar surface area (TPSA) is 80.6 Å². The largest absolute Gasteiger partial charge is 0.469 e. The molecular weight excluding hydrogens is 380 g/mol. The van der Waals surface area contributed by atoms with Gasteiger partial charge in [-0.3, -0.25) is 9.59 Å². The van der Waals surface area contributed by atoms with E-state index in [1.165, 1.54) is 0 Å². The van der Waals surface area contributed by atoms with Crippen molar-refractivity contribution in [2.75, 3.05) is 0 Å². The van der Waals surface area contributed by atoms with Crippen LogP contribution in [0, 0.1) is 17.8 Å². The van der Waals surface area contributed by atoms with Crippen molar-refractivity contribution >= 4 is 11.8 Å². The lowest BCUT2D eigenvalue weighted by atomic mass is 9.60. The Kier molecular flexibility index (Phi) is 4.80. The highest BCUT2D eigenvalue weighted by molar-refractivity contribution is 5.98. The number of para-hydroxylation sites is 1. The number of rotatable bonds is 5. The summed E-state index contributed by atoms with van der Waals surface area (Å²) in [6, 6.07) is 11.3. The van der Waals surface area contributed by atoms with Crippen LogP contribution in [0.4, 0.5) is 0 Å². The van der Waals surface area contributed by atoms with Crippen LogP contribution in [0.3, 0.4) is 0 Å². The summed E-state index contributed by atoms with van der Waals surface area (Å²) in [6.07, 6.45) is 6.77. The number of aryl methyl sites for hydroxylation is 1. The molecule has 2 N–H and O–H groups in total. The molecule has 4 aliphatic rings. The van der Waals surface area contributed by atoms with E-state index in [-0.39, 0.29) is 35.6 Å². The fourth-order valence-corrected chi connectivity index (χ4v) is 5.52. The highest BCUT2D eigenvalue weighted by Gasteiger charge is 2.57. The van der Waals surface area contributed by atoms with E-state index in [2.05, 4.69) is 10.6 Å². The van der Waals surface area contributed by atoms with Crippen LogP contribution in [0.25, 0.3) is 0 Å². The van der Waals surface area contributed by atoms with Gasteiger partial charge in [-0.15, -0.1) is 0 Å². The Hall–Kier alpha value is -2.76. The molecule has 1 aliphatic heterocycles. The van der Waals surface area contributed by atoms with Gasteiger partial charge in [0.15, 0.2) is 5.72 Å². The summed E-state index contributed by atoms with van der Waals surface area (Å²) in [5.74, 6) is 2.01. The molecule has 3 saturated carbocycles. The van der Waals surface area contributed by atoms with Gasteiger partial charge in [-0.2, -0.15) is 0 Å². The maximum Gasteiger partial charge on any atom is 0.258 e. The average Bonchev–Trinajstić information content (AvgIpc) is 3.26. The molecule has 2 amide bonds. The highest BCUT2D eigenvalue weighted by Crippen LogP contribution is 2.52. The fraction of sp³-hybridized carbons (Fsp3) is 0.500. The minimum absolute atomic E-state index is 0.0156. The monoisotopic (exact) mass is 408 g/mol. The van der Waals surface area contributed by atoms with Crippen LogP contribution < -0.4 is 15.4 Å². The van der Waals surface area contributed by atoms with Crippen molar-refractivity contribution in [2.45, 2.75) is 57.2 Å². The van der Waals surface area contributed by atoms with Crippen LogP contribution in [-0.2, 0) is 11.2 Å². The number of benzene rings is 1. The maximum absolute atomic E-state index is 13.0. The first-order valence-corrected chi connectivity index (χ1v) is 11.0. The molecular formula is C24H28N2O4. The van der Waals surface area contributed by atoms with Gasteiger partial charge < -0.3 is 19.8 Å². The zero-order valence-electron chi connectivity index (χ0n) is 17.2. The van der Waals surface area contributed by atoms with Gasteiger partial charge in [0.05, 0.1) is 11.8 Å². The first-order chi connectivity index (χ1) is 14.5. The van der Waals surface area contributed by atoms with Gasteiger partial charge in [-0.1, -0.05) is 12.1 Å². The number of carbonyl (C=O) groups is 2. The van der Waals surface area contributed by atoms with Crippen molar-refractivity contribution in [3.05, 3.63) is 54.0 Å². The molecule has 2 aromatic rings. The summed E-state index contributed by atoms with van der Waals surface area (Å²) >= 11 is 0. The lowest BCUT2D eigenvalue weighted by Crippen LogP contribution is -2.67. The van der Waals surface area contributed by atoms with Crippen molar-refractivity contribution in [3.8, 4) is 5.75 Å². The van der Waals surface area contributed by atoms with Crippen LogP contribution in [0.1, 0.15) is 55.1 Å². The fourth-order valence-electron chi connectivity index (χ4n) is 5.52. The van der Waals surface area contributed by atoms with Crippen LogP contribution in [0.5, 0.6) is 5.75 Å². The summed E-state index contributed by atoms with van der Waals surface area (Å²) in [5, 5.41) is 6.36.